The van der Waals surface area contributed by atoms with E-state index in [-0.39, 0.29) is 16.6 Å². The second kappa shape index (κ2) is 8.95. The van der Waals surface area contributed by atoms with Crippen LogP contribution in [0.25, 0.3) is 0 Å². The summed E-state index contributed by atoms with van der Waals surface area (Å²) in [4.78, 5) is 12.7. The Labute approximate surface area is 190 Å². The van der Waals surface area contributed by atoms with Crippen LogP contribution in [0.5, 0.6) is 5.75 Å². The van der Waals surface area contributed by atoms with E-state index >= 15 is 0 Å². The Morgan fingerprint density at radius 3 is 1.91 bits per heavy atom. The highest BCUT2D eigenvalue weighted by Crippen LogP contribution is 2.41. The summed E-state index contributed by atoms with van der Waals surface area (Å²) in [7, 11) is 0. The minimum atomic E-state index is -0.426. The lowest BCUT2D eigenvalue weighted by molar-refractivity contribution is 0.0995. The molecule has 0 bridgehead atoms. The van der Waals surface area contributed by atoms with Crippen LogP contribution in [0.15, 0.2) is 77.0 Å². The number of phenols is 1. The SMILES string of the molecule is CC(C)(C)c1cc(N=NC(=O)c2cccc(Nc3ccccc3)c2)cc(C(C)(C)C)c1O. The van der Waals surface area contributed by atoms with Gasteiger partial charge in [-0.05, 0) is 53.3 Å². The number of amides is 1. The Kier molecular flexibility index (Phi) is 6.49. The van der Waals surface area contributed by atoms with Crippen molar-refractivity contribution in [3.05, 3.63) is 83.4 Å². The van der Waals surface area contributed by atoms with Gasteiger partial charge in [-0.15, -0.1) is 10.2 Å². The van der Waals surface area contributed by atoms with Gasteiger partial charge in [0.05, 0.1) is 5.69 Å². The van der Waals surface area contributed by atoms with Gasteiger partial charge < -0.3 is 10.4 Å². The number of para-hydroxylation sites is 1. The molecule has 0 saturated carbocycles. The summed E-state index contributed by atoms with van der Waals surface area (Å²) in [5.41, 5.74) is 3.72. The van der Waals surface area contributed by atoms with Gasteiger partial charge in [0, 0.05) is 28.1 Å². The van der Waals surface area contributed by atoms with Crippen LogP contribution in [-0.2, 0) is 10.8 Å². The topological polar surface area (TPSA) is 74.0 Å². The molecule has 0 aromatic heterocycles. The van der Waals surface area contributed by atoms with E-state index in [1.165, 1.54) is 0 Å². The van der Waals surface area contributed by atoms with E-state index in [1.54, 1.807) is 24.3 Å². The predicted molar refractivity (Wildman–Crippen MR) is 131 cm³/mol. The normalized spacial score (nSPS) is 12.2. The number of rotatable bonds is 4. The fourth-order valence-electron chi connectivity index (χ4n) is 3.40. The van der Waals surface area contributed by atoms with Crippen molar-refractivity contribution in [2.75, 3.05) is 5.32 Å². The molecule has 0 atom stereocenters. The van der Waals surface area contributed by atoms with Gasteiger partial charge in [0.1, 0.15) is 5.75 Å². The molecule has 2 N–H and O–H groups in total. The number of azo groups is 1. The minimum absolute atomic E-state index is 0.273. The molecule has 0 heterocycles. The first-order chi connectivity index (χ1) is 14.9. The average molecular weight is 430 g/mol. The lowest BCUT2D eigenvalue weighted by Crippen LogP contribution is -2.16. The molecule has 3 aromatic carbocycles. The van der Waals surface area contributed by atoms with Crippen LogP contribution in [0.3, 0.4) is 0 Å². The number of carbonyl (C=O) groups excluding carboxylic acids is 1. The van der Waals surface area contributed by atoms with Gasteiger partial charge in [-0.1, -0.05) is 65.8 Å². The van der Waals surface area contributed by atoms with Gasteiger partial charge in [0.15, 0.2) is 0 Å². The third-order valence-electron chi connectivity index (χ3n) is 5.14. The average Bonchev–Trinajstić information content (AvgIpc) is 2.72. The first kappa shape index (κ1) is 23.2. The maximum Gasteiger partial charge on any atom is 0.295 e. The molecule has 0 saturated heterocycles. The van der Waals surface area contributed by atoms with Gasteiger partial charge in [-0.25, -0.2) is 0 Å². The van der Waals surface area contributed by atoms with Crippen molar-refractivity contribution >= 4 is 23.0 Å². The van der Waals surface area contributed by atoms with E-state index in [9.17, 15) is 9.90 Å². The van der Waals surface area contributed by atoms with Gasteiger partial charge in [-0.3, -0.25) is 4.79 Å². The van der Waals surface area contributed by atoms with Crippen LogP contribution in [0.1, 0.15) is 63.0 Å². The molecule has 166 valence electrons. The fraction of sp³-hybridized carbons (Fsp3) is 0.296. The summed E-state index contributed by atoms with van der Waals surface area (Å²) in [5.74, 6) is -0.153. The molecule has 5 nitrogen and oxygen atoms in total. The molecule has 32 heavy (non-hydrogen) atoms. The minimum Gasteiger partial charge on any atom is -0.507 e. The van der Waals surface area contributed by atoms with E-state index in [2.05, 4.69) is 15.5 Å². The van der Waals surface area contributed by atoms with Crippen LogP contribution in [0, 0.1) is 0 Å². The molecule has 0 aliphatic rings. The molecule has 0 fully saturated rings. The highest BCUT2D eigenvalue weighted by Gasteiger charge is 2.26. The smallest absolute Gasteiger partial charge is 0.295 e. The number of phenolic OH excluding ortho intramolecular Hbond substituents is 1. The molecule has 3 rings (SSSR count). The molecule has 0 unspecified atom stereocenters. The van der Waals surface area contributed by atoms with E-state index in [4.69, 9.17) is 0 Å². The highest BCUT2D eigenvalue weighted by molar-refractivity contribution is 5.95. The van der Waals surface area contributed by atoms with Crippen LogP contribution in [-0.4, -0.2) is 11.0 Å². The van der Waals surface area contributed by atoms with E-state index < -0.39 is 5.91 Å². The summed E-state index contributed by atoms with van der Waals surface area (Å²) in [5, 5.41) is 22.3. The van der Waals surface area contributed by atoms with Crippen LogP contribution in [0.2, 0.25) is 0 Å². The molecule has 0 aliphatic carbocycles. The molecular weight excluding hydrogens is 398 g/mol. The Bertz CT molecular complexity index is 1100. The van der Waals surface area contributed by atoms with E-state index in [0.717, 1.165) is 22.5 Å². The Morgan fingerprint density at radius 1 is 0.781 bits per heavy atom. The quantitative estimate of drug-likeness (QED) is 0.418. The largest absolute Gasteiger partial charge is 0.507 e. The van der Waals surface area contributed by atoms with E-state index in [0.29, 0.717) is 11.3 Å². The molecule has 0 aliphatic heterocycles. The number of aromatic hydroxyl groups is 1. The maximum absolute atomic E-state index is 12.7. The number of benzene rings is 3. The second-order valence-electron chi connectivity index (χ2n) is 9.97. The van der Waals surface area contributed by atoms with Crippen molar-refractivity contribution in [2.45, 2.75) is 52.4 Å². The zero-order valence-electron chi connectivity index (χ0n) is 19.6. The van der Waals surface area contributed by atoms with Gasteiger partial charge >= 0.3 is 0 Å². The molecule has 0 spiro atoms. The zero-order chi connectivity index (χ0) is 23.5. The Morgan fingerprint density at radius 2 is 1.34 bits per heavy atom. The van der Waals surface area contributed by atoms with Crippen molar-refractivity contribution in [1.29, 1.82) is 0 Å². The summed E-state index contributed by atoms with van der Waals surface area (Å²) in [6.45, 7) is 12.2. The second-order valence-corrected chi connectivity index (χ2v) is 9.97. The summed E-state index contributed by atoms with van der Waals surface area (Å²) in [6, 6.07) is 20.5. The number of hydrogen-bond donors (Lipinski definition) is 2. The lowest BCUT2D eigenvalue weighted by Gasteiger charge is -2.27. The predicted octanol–water partition coefficient (Wildman–Crippen LogP) is 7.65. The van der Waals surface area contributed by atoms with Crippen LogP contribution >= 0.6 is 0 Å². The molecule has 1 amide bonds. The molecular formula is C27H31N3O2. The molecule has 5 heteroatoms. The maximum atomic E-state index is 12.7. The van der Waals surface area contributed by atoms with E-state index in [1.807, 2.05) is 84.0 Å². The third kappa shape index (κ3) is 5.61. The van der Waals surface area contributed by atoms with Crippen LogP contribution < -0.4 is 5.32 Å². The van der Waals surface area contributed by atoms with Crippen molar-refractivity contribution in [3.8, 4) is 5.75 Å². The standard InChI is InChI=1S/C27H31N3O2/c1-26(2,3)22-16-21(17-23(24(22)31)27(4,5)6)29-30-25(32)18-11-10-14-20(15-18)28-19-12-8-7-9-13-19/h7-17,28,31H,1-6H3. The Balaban J connectivity index is 1.89. The summed E-state index contributed by atoms with van der Waals surface area (Å²) >= 11 is 0. The Hall–Kier alpha value is -3.47. The fourth-order valence-corrected chi connectivity index (χ4v) is 3.40. The molecule has 0 radical (unpaired) electrons. The lowest BCUT2D eigenvalue weighted by atomic mass is 9.79. The first-order valence-electron chi connectivity index (χ1n) is 10.7. The van der Waals surface area contributed by atoms with Crippen molar-refractivity contribution in [2.24, 2.45) is 10.2 Å². The van der Waals surface area contributed by atoms with Crippen molar-refractivity contribution in [3.63, 3.8) is 0 Å². The summed E-state index contributed by atoms with van der Waals surface area (Å²) in [6.07, 6.45) is 0. The first-order valence-corrected chi connectivity index (χ1v) is 10.7. The monoisotopic (exact) mass is 429 g/mol. The molecule has 3 aromatic rings. The number of hydrogen-bond acceptors (Lipinski definition) is 4. The zero-order valence-corrected chi connectivity index (χ0v) is 19.6. The summed E-state index contributed by atoms with van der Waals surface area (Å²) < 4.78 is 0. The number of nitrogens with zero attached hydrogens (tertiary/aromatic N) is 2. The van der Waals surface area contributed by atoms with Crippen molar-refractivity contribution < 1.29 is 9.90 Å². The number of carbonyl (C=O) groups is 1. The van der Waals surface area contributed by atoms with Gasteiger partial charge in [-0.2, -0.15) is 0 Å². The van der Waals surface area contributed by atoms with Crippen molar-refractivity contribution in [1.82, 2.24) is 0 Å². The highest BCUT2D eigenvalue weighted by atomic mass is 16.3. The van der Waals surface area contributed by atoms with Crippen LogP contribution in [0.4, 0.5) is 17.1 Å². The van der Waals surface area contributed by atoms with Gasteiger partial charge in [0.2, 0.25) is 0 Å². The van der Waals surface area contributed by atoms with Gasteiger partial charge in [0.25, 0.3) is 5.91 Å². The number of anilines is 2. The number of nitrogens with one attached hydrogen (secondary N) is 1. The third-order valence-corrected chi connectivity index (χ3v) is 5.14.